The minimum atomic E-state index is -4.52. The predicted molar refractivity (Wildman–Crippen MR) is 65.8 cm³/mol. The van der Waals surface area contributed by atoms with Gasteiger partial charge in [0.15, 0.2) is 5.75 Å². The second-order valence-corrected chi connectivity index (χ2v) is 5.78. The molecule has 1 aromatic heterocycles. The fourth-order valence-electron chi connectivity index (χ4n) is 1.33. The third-order valence-electron chi connectivity index (χ3n) is 1.92. The zero-order valence-corrected chi connectivity index (χ0v) is 11.1. The average Bonchev–Trinajstić information content (AvgIpc) is 2.58. The number of H-pyrrole nitrogens is 1. The molecule has 1 aromatic carbocycles. The number of rotatable bonds is 3. The highest BCUT2D eigenvalue weighted by molar-refractivity contribution is 9.50. The molecule has 0 bridgehead atoms. The van der Waals surface area contributed by atoms with Gasteiger partial charge in [-0.2, -0.15) is 0 Å². The number of aromatic nitrogens is 1. The Labute approximate surface area is 103 Å². The lowest BCUT2D eigenvalue weighted by molar-refractivity contribution is 0.284. The number of phosphoric acid groups is 1. The molecule has 0 saturated carbocycles. The van der Waals surface area contributed by atoms with Crippen molar-refractivity contribution in [1.82, 2.24) is 4.98 Å². The Hall–Kier alpha value is -0.460. The van der Waals surface area contributed by atoms with Gasteiger partial charge in [0.1, 0.15) is 0 Å². The van der Waals surface area contributed by atoms with E-state index in [1.54, 1.807) is 6.07 Å². The molecule has 0 amide bonds. The largest absolute Gasteiger partial charge is 0.524 e. The molecule has 2 aromatic rings. The second-order valence-electron chi connectivity index (χ2n) is 3.02. The van der Waals surface area contributed by atoms with Crippen LogP contribution in [0.1, 0.15) is 0 Å². The summed E-state index contributed by atoms with van der Waals surface area (Å²) in [6, 6.07) is 5.46. The van der Waals surface area contributed by atoms with E-state index in [1.807, 2.05) is 12.1 Å². The first-order valence-electron chi connectivity index (χ1n) is 4.14. The highest BCUT2D eigenvalue weighted by Gasteiger charge is 2.18. The number of fused-ring (bicyclic) bond motifs is 1. The quantitative estimate of drug-likeness (QED) is 0.756. The lowest BCUT2D eigenvalue weighted by Crippen LogP contribution is -1.88. The van der Waals surface area contributed by atoms with Gasteiger partial charge in [-0.3, -0.25) is 9.79 Å². The Morgan fingerprint density at radius 3 is 2.81 bits per heavy atom. The molecule has 16 heavy (non-hydrogen) atoms. The van der Waals surface area contributed by atoms with Gasteiger partial charge in [0.05, 0.1) is 0 Å². The molecule has 0 saturated heterocycles. The van der Waals surface area contributed by atoms with Gasteiger partial charge in [-0.15, -0.1) is 0 Å². The van der Waals surface area contributed by atoms with Crippen LogP contribution in [-0.4, -0.2) is 14.8 Å². The number of halogens is 1. The van der Waals surface area contributed by atoms with E-state index < -0.39 is 7.82 Å². The second kappa shape index (κ2) is 4.43. The molecule has 0 radical (unpaired) electrons. The standard InChI is InChI=1S/C8H7BrNO4PS/c9-16-5-1-2-7-6(3-5)8(4-10-7)14-15(11,12)13/h1-4,10H,(H2,11,12,13). The maximum atomic E-state index is 10.7. The van der Waals surface area contributed by atoms with Gasteiger partial charge in [-0.1, -0.05) is 0 Å². The molecule has 5 nitrogen and oxygen atoms in total. The van der Waals surface area contributed by atoms with E-state index in [0.717, 1.165) is 10.4 Å². The molecule has 0 aliphatic carbocycles. The van der Waals surface area contributed by atoms with Crippen molar-refractivity contribution in [3.63, 3.8) is 0 Å². The van der Waals surface area contributed by atoms with Gasteiger partial charge in [-0.25, -0.2) is 4.57 Å². The van der Waals surface area contributed by atoms with E-state index in [9.17, 15) is 4.57 Å². The summed E-state index contributed by atoms with van der Waals surface area (Å²) < 4.78 is 15.3. The number of aromatic amines is 1. The van der Waals surface area contributed by atoms with Gasteiger partial charge in [0, 0.05) is 22.0 Å². The maximum Gasteiger partial charge on any atom is 0.524 e. The smallest absolute Gasteiger partial charge is 0.402 e. The van der Waals surface area contributed by atoms with Crippen molar-refractivity contribution < 1.29 is 18.9 Å². The summed E-state index contributed by atoms with van der Waals surface area (Å²) in [5.74, 6) is 0.145. The van der Waals surface area contributed by atoms with Gasteiger partial charge in [0.25, 0.3) is 0 Å². The molecule has 8 heteroatoms. The van der Waals surface area contributed by atoms with Crippen LogP contribution in [-0.2, 0) is 4.57 Å². The Kier molecular flexibility index (Phi) is 3.32. The lowest BCUT2D eigenvalue weighted by Gasteiger charge is -2.04. The number of hydrogen-bond donors (Lipinski definition) is 3. The van der Waals surface area contributed by atoms with Gasteiger partial charge < -0.3 is 9.51 Å². The fraction of sp³-hybridized carbons (Fsp3) is 0. The molecule has 0 spiro atoms. The first-order valence-corrected chi connectivity index (χ1v) is 8.33. The van der Waals surface area contributed by atoms with Crippen LogP contribution >= 0.6 is 32.8 Å². The zero-order chi connectivity index (χ0) is 11.8. The molecule has 0 aliphatic heterocycles. The van der Waals surface area contributed by atoms with Crippen LogP contribution in [0.15, 0.2) is 29.3 Å². The van der Waals surface area contributed by atoms with Crippen molar-refractivity contribution in [1.29, 1.82) is 0 Å². The van der Waals surface area contributed by atoms with Crippen LogP contribution in [0.5, 0.6) is 5.75 Å². The molecular formula is C8H7BrNO4PS. The number of benzene rings is 1. The van der Waals surface area contributed by atoms with E-state index in [-0.39, 0.29) is 5.75 Å². The van der Waals surface area contributed by atoms with E-state index in [0.29, 0.717) is 5.39 Å². The molecule has 0 fully saturated rings. The van der Waals surface area contributed by atoms with Crippen LogP contribution < -0.4 is 4.52 Å². The summed E-state index contributed by atoms with van der Waals surface area (Å²) >= 11 is 3.23. The van der Waals surface area contributed by atoms with Crippen molar-refractivity contribution >= 4 is 43.7 Å². The van der Waals surface area contributed by atoms with E-state index in [1.165, 1.54) is 16.4 Å². The Bertz CT molecular complexity index is 566. The average molecular weight is 324 g/mol. The van der Waals surface area contributed by atoms with Crippen molar-refractivity contribution in [3.8, 4) is 5.75 Å². The summed E-state index contributed by atoms with van der Waals surface area (Å²) in [5, 5.41) is 0.632. The number of phosphoric ester groups is 1. The zero-order valence-electron chi connectivity index (χ0n) is 7.75. The maximum absolute atomic E-state index is 10.7. The van der Waals surface area contributed by atoms with Crippen LogP contribution in [0.3, 0.4) is 0 Å². The number of nitrogens with one attached hydrogen (secondary N) is 1. The van der Waals surface area contributed by atoms with E-state index in [2.05, 4.69) is 24.3 Å². The molecule has 1 heterocycles. The summed E-state index contributed by atoms with van der Waals surface area (Å²) in [5.41, 5.74) is 0.758. The normalized spacial score (nSPS) is 11.9. The fourth-order valence-corrected chi connectivity index (χ4v) is 2.62. The molecule has 0 unspecified atom stereocenters. The Morgan fingerprint density at radius 2 is 2.19 bits per heavy atom. The molecule has 3 N–H and O–H groups in total. The van der Waals surface area contributed by atoms with Crippen molar-refractivity contribution in [2.75, 3.05) is 0 Å². The molecule has 0 atom stereocenters. The molecule has 2 rings (SSSR count). The minimum Gasteiger partial charge on any atom is -0.402 e. The third-order valence-corrected chi connectivity index (χ3v) is 3.91. The monoisotopic (exact) mass is 323 g/mol. The third kappa shape index (κ3) is 2.61. The van der Waals surface area contributed by atoms with Gasteiger partial charge >= 0.3 is 7.82 Å². The van der Waals surface area contributed by atoms with Crippen molar-refractivity contribution in [3.05, 3.63) is 24.4 Å². The Balaban J connectivity index is 2.50. The topological polar surface area (TPSA) is 82.6 Å². The molecule has 86 valence electrons. The van der Waals surface area contributed by atoms with Crippen LogP contribution in [0, 0.1) is 0 Å². The van der Waals surface area contributed by atoms with Gasteiger partial charge in [0.2, 0.25) is 0 Å². The highest BCUT2D eigenvalue weighted by Crippen LogP contribution is 2.41. The number of hydrogen-bond acceptors (Lipinski definition) is 3. The van der Waals surface area contributed by atoms with Gasteiger partial charge in [-0.05, 0) is 43.2 Å². The molecular weight excluding hydrogens is 317 g/mol. The Morgan fingerprint density at radius 1 is 1.44 bits per heavy atom. The highest BCUT2D eigenvalue weighted by atomic mass is 79.9. The SMILES string of the molecule is O=P(O)(O)Oc1c[nH]c2ccc(SBr)cc12. The van der Waals surface area contributed by atoms with Crippen LogP contribution in [0.2, 0.25) is 0 Å². The van der Waals surface area contributed by atoms with Crippen molar-refractivity contribution in [2.24, 2.45) is 0 Å². The van der Waals surface area contributed by atoms with E-state index >= 15 is 0 Å². The summed E-state index contributed by atoms with van der Waals surface area (Å²) in [4.78, 5) is 21.3. The lowest BCUT2D eigenvalue weighted by atomic mass is 10.2. The van der Waals surface area contributed by atoms with E-state index in [4.69, 9.17) is 9.79 Å². The first kappa shape index (κ1) is 12.0. The first-order chi connectivity index (χ1) is 7.49. The summed E-state index contributed by atoms with van der Waals surface area (Å²) in [6.07, 6.45) is 1.42. The molecule has 0 aliphatic rings. The summed E-state index contributed by atoms with van der Waals surface area (Å²) in [6.45, 7) is 0. The van der Waals surface area contributed by atoms with Crippen molar-refractivity contribution in [2.45, 2.75) is 4.90 Å². The van der Waals surface area contributed by atoms with Crippen LogP contribution in [0.25, 0.3) is 10.9 Å². The minimum absolute atomic E-state index is 0.145. The van der Waals surface area contributed by atoms with Crippen LogP contribution in [0.4, 0.5) is 0 Å². The predicted octanol–water partition coefficient (Wildman–Crippen LogP) is 3.04. The summed E-state index contributed by atoms with van der Waals surface area (Å²) in [7, 11) is -3.16.